The number of rotatable bonds is 8. The van der Waals surface area contributed by atoms with Crippen LogP contribution in [0.2, 0.25) is 0 Å². The predicted octanol–water partition coefficient (Wildman–Crippen LogP) is 3.03. The Hall–Kier alpha value is 0.690. The summed E-state index contributed by atoms with van der Waals surface area (Å²) in [6, 6.07) is 0. The molecule has 14 heavy (non-hydrogen) atoms. The summed E-state index contributed by atoms with van der Waals surface area (Å²) < 4.78 is 26.4. The molecular formula is C7H15Cl2O4P. The van der Waals surface area contributed by atoms with Crippen LogP contribution in [0, 0.1) is 0 Å². The molecule has 1 unspecified atom stereocenters. The van der Waals surface area contributed by atoms with Gasteiger partial charge in [-0.15, -0.1) is 23.2 Å². The van der Waals surface area contributed by atoms with E-state index in [1.165, 1.54) is 0 Å². The summed E-state index contributed by atoms with van der Waals surface area (Å²) in [5, 5.41) is -0.397. The molecule has 0 fully saturated rings. The molecule has 0 saturated heterocycles. The second-order valence-electron chi connectivity index (χ2n) is 2.33. The molecule has 0 aliphatic carbocycles. The van der Waals surface area contributed by atoms with Gasteiger partial charge in [0, 0.05) is 5.88 Å². The van der Waals surface area contributed by atoms with Crippen molar-refractivity contribution in [1.82, 2.24) is 0 Å². The molecule has 1 atom stereocenters. The first kappa shape index (κ1) is 14.7. The van der Waals surface area contributed by atoms with Crippen molar-refractivity contribution in [2.24, 2.45) is 0 Å². The van der Waals surface area contributed by atoms with Crippen LogP contribution in [0.4, 0.5) is 0 Å². The summed E-state index contributed by atoms with van der Waals surface area (Å²) in [6.45, 7) is 3.96. The molecule has 7 heteroatoms. The molecule has 0 aromatic rings. The molecule has 0 aromatic heterocycles. The number of phosphoric acid groups is 1. The van der Waals surface area contributed by atoms with Gasteiger partial charge in [0.05, 0.1) is 25.2 Å². The second kappa shape index (κ2) is 7.91. The van der Waals surface area contributed by atoms with Gasteiger partial charge in [0.1, 0.15) is 0 Å². The monoisotopic (exact) mass is 264 g/mol. The first-order valence-corrected chi connectivity index (χ1v) is 6.74. The quantitative estimate of drug-likeness (QED) is 0.499. The molecule has 0 aliphatic rings. The van der Waals surface area contributed by atoms with Crippen LogP contribution in [-0.2, 0) is 18.1 Å². The lowest BCUT2D eigenvalue weighted by molar-refractivity contribution is 0.122. The Balaban J connectivity index is 4.02. The van der Waals surface area contributed by atoms with Crippen LogP contribution in [0.5, 0.6) is 0 Å². The van der Waals surface area contributed by atoms with Crippen molar-refractivity contribution in [3.63, 3.8) is 0 Å². The molecule has 0 amide bonds. The smallest absolute Gasteiger partial charge is 0.287 e. The van der Waals surface area contributed by atoms with Gasteiger partial charge < -0.3 is 0 Å². The van der Waals surface area contributed by atoms with Crippen LogP contribution in [-0.4, -0.2) is 31.1 Å². The van der Waals surface area contributed by atoms with E-state index in [0.717, 1.165) is 0 Å². The summed E-state index contributed by atoms with van der Waals surface area (Å²) in [5.41, 5.74) is 0. The van der Waals surface area contributed by atoms with Gasteiger partial charge in [0.15, 0.2) is 0 Å². The Bertz CT molecular complexity index is 181. The largest absolute Gasteiger partial charge is 0.474 e. The Morgan fingerprint density at radius 2 is 1.71 bits per heavy atom. The maximum absolute atomic E-state index is 11.7. The first-order valence-electron chi connectivity index (χ1n) is 4.31. The lowest BCUT2D eigenvalue weighted by Gasteiger charge is -2.17. The van der Waals surface area contributed by atoms with Gasteiger partial charge in [-0.05, 0) is 13.8 Å². The Morgan fingerprint density at radius 3 is 2.07 bits per heavy atom. The minimum absolute atomic E-state index is 0.0440. The average Bonchev–Trinajstić information content (AvgIpc) is 2.15. The number of hydrogen-bond acceptors (Lipinski definition) is 4. The zero-order chi connectivity index (χ0) is 11.0. The van der Waals surface area contributed by atoms with Crippen molar-refractivity contribution in [2.45, 2.75) is 19.2 Å². The lowest BCUT2D eigenvalue weighted by atomic mass is 10.5. The van der Waals surface area contributed by atoms with E-state index >= 15 is 0 Å². The molecule has 0 aromatic carbocycles. The third kappa shape index (κ3) is 6.23. The standard InChI is InChI=1S/C7H15Cl2O4P/c1-3-11-14(10,12-4-2)13-6-7(9)5-8/h7H,3-6H2,1-2H3. The van der Waals surface area contributed by atoms with Crippen molar-refractivity contribution in [2.75, 3.05) is 25.7 Å². The van der Waals surface area contributed by atoms with E-state index in [-0.39, 0.29) is 25.7 Å². The van der Waals surface area contributed by atoms with Crippen LogP contribution in [0.15, 0.2) is 0 Å². The molecule has 0 heterocycles. The number of halogens is 2. The molecule has 0 saturated carbocycles. The highest BCUT2D eigenvalue weighted by Gasteiger charge is 2.26. The van der Waals surface area contributed by atoms with Gasteiger partial charge in [0.2, 0.25) is 0 Å². The fourth-order valence-electron chi connectivity index (χ4n) is 0.645. The van der Waals surface area contributed by atoms with Gasteiger partial charge >= 0.3 is 7.82 Å². The highest BCUT2D eigenvalue weighted by molar-refractivity contribution is 7.48. The SMILES string of the molecule is CCOP(=O)(OCC)OCC(Cl)CCl. The number of hydrogen-bond donors (Lipinski definition) is 0. The minimum atomic E-state index is -3.43. The van der Waals surface area contributed by atoms with E-state index in [1.54, 1.807) is 13.8 Å². The van der Waals surface area contributed by atoms with E-state index in [2.05, 4.69) is 0 Å². The van der Waals surface area contributed by atoms with Crippen molar-refractivity contribution < 1.29 is 18.1 Å². The number of phosphoric ester groups is 1. The molecule has 0 rings (SSSR count). The summed E-state index contributed by atoms with van der Waals surface area (Å²) in [5.74, 6) is 0.222. The highest BCUT2D eigenvalue weighted by atomic mass is 35.5. The molecule has 86 valence electrons. The summed E-state index contributed by atoms with van der Waals surface area (Å²) in [6.07, 6.45) is 0. The fourth-order valence-corrected chi connectivity index (χ4v) is 2.10. The van der Waals surface area contributed by atoms with E-state index < -0.39 is 13.2 Å². The van der Waals surface area contributed by atoms with Gasteiger partial charge in [0.25, 0.3) is 0 Å². The van der Waals surface area contributed by atoms with Crippen LogP contribution in [0.25, 0.3) is 0 Å². The lowest BCUT2D eigenvalue weighted by Crippen LogP contribution is -2.11. The molecule has 0 spiro atoms. The maximum atomic E-state index is 11.7. The third-order valence-electron chi connectivity index (χ3n) is 1.16. The first-order chi connectivity index (χ1) is 6.58. The molecule has 4 nitrogen and oxygen atoms in total. The summed E-state index contributed by atoms with van der Waals surface area (Å²) in [7, 11) is -3.43. The number of alkyl halides is 2. The predicted molar refractivity (Wildman–Crippen MR) is 57.2 cm³/mol. The van der Waals surface area contributed by atoms with Crippen LogP contribution in [0.3, 0.4) is 0 Å². The maximum Gasteiger partial charge on any atom is 0.474 e. The zero-order valence-electron chi connectivity index (χ0n) is 8.24. The van der Waals surface area contributed by atoms with Gasteiger partial charge in [-0.2, -0.15) is 0 Å². The van der Waals surface area contributed by atoms with Crippen molar-refractivity contribution in [3.05, 3.63) is 0 Å². The Morgan fingerprint density at radius 1 is 1.21 bits per heavy atom. The van der Waals surface area contributed by atoms with E-state index in [9.17, 15) is 4.57 Å². The van der Waals surface area contributed by atoms with Crippen molar-refractivity contribution in [1.29, 1.82) is 0 Å². The Kier molecular flexibility index (Phi) is 8.30. The normalized spacial score (nSPS) is 14.3. The molecule has 0 bridgehead atoms. The summed E-state index contributed by atoms with van der Waals surface area (Å²) in [4.78, 5) is 0. The van der Waals surface area contributed by atoms with E-state index in [4.69, 9.17) is 36.8 Å². The molecular weight excluding hydrogens is 250 g/mol. The molecule has 0 N–H and O–H groups in total. The van der Waals surface area contributed by atoms with E-state index in [0.29, 0.717) is 0 Å². The van der Waals surface area contributed by atoms with Crippen LogP contribution >= 0.6 is 31.0 Å². The van der Waals surface area contributed by atoms with Gasteiger partial charge in [-0.25, -0.2) is 4.57 Å². The topological polar surface area (TPSA) is 44.8 Å². The fraction of sp³-hybridized carbons (Fsp3) is 1.00. The summed E-state index contributed by atoms with van der Waals surface area (Å²) >= 11 is 11.1. The van der Waals surface area contributed by atoms with Crippen molar-refractivity contribution in [3.8, 4) is 0 Å². The Labute approximate surface area is 94.4 Å². The van der Waals surface area contributed by atoms with Crippen molar-refractivity contribution >= 4 is 31.0 Å². The second-order valence-corrected chi connectivity index (χ2v) is 4.92. The van der Waals surface area contributed by atoms with E-state index in [1.807, 2.05) is 0 Å². The minimum Gasteiger partial charge on any atom is -0.287 e. The third-order valence-corrected chi connectivity index (χ3v) is 3.58. The zero-order valence-corrected chi connectivity index (χ0v) is 10.6. The average molecular weight is 265 g/mol. The van der Waals surface area contributed by atoms with Crippen LogP contribution in [0.1, 0.15) is 13.8 Å². The highest BCUT2D eigenvalue weighted by Crippen LogP contribution is 2.49. The molecule has 0 radical (unpaired) electrons. The van der Waals surface area contributed by atoms with Gasteiger partial charge in [-0.3, -0.25) is 13.6 Å². The molecule has 0 aliphatic heterocycles. The van der Waals surface area contributed by atoms with Crippen LogP contribution < -0.4 is 0 Å². The van der Waals surface area contributed by atoms with Gasteiger partial charge in [-0.1, -0.05) is 0 Å².